The Morgan fingerprint density at radius 1 is 0.969 bits per heavy atom. The Morgan fingerprint density at radius 2 is 1.62 bits per heavy atom. The van der Waals surface area contributed by atoms with E-state index in [1.807, 2.05) is 0 Å². The van der Waals surface area contributed by atoms with Crippen molar-refractivity contribution < 1.29 is 43.9 Å². The summed E-state index contributed by atoms with van der Waals surface area (Å²) in [6.07, 6.45) is -9.07. The second-order valence-electron chi connectivity index (χ2n) is 6.74. The molecule has 0 amide bonds. The fourth-order valence-electron chi connectivity index (χ4n) is 2.89. The van der Waals surface area contributed by atoms with Gasteiger partial charge in [0.25, 0.3) is 0 Å². The van der Waals surface area contributed by atoms with Crippen LogP contribution in [0.2, 0.25) is 0 Å². The van der Waals surface area contributed by atoms with Gasteiger partial charge in [-0.15, -0.1) is 13.2 Å². The number of halogens is 7. The first-order valence-corrected chi connectivity index (χ1v) is 10.5. The first-order chi connectivity index (χ1) is 14.6. The van der Waals surface area contributed by atoms with Crippen LogP contribution in [0.5, 0.6) is 5.75 Å². The van der Waals surface area contributed by atoms with Crippen molar-refractivity contribution in [2.24, 2.45) is 0 Å². The minimum Gasteiger partial charge on any atom is -0.406 e. The molecule has 1 heterocycles. The maximum Gasteiger partial charge on any atom is 0.573 e. The van der Waals surface area contributed by atoms with Crippen LogP contribution in [0.4, 0.5) is 30.7 Å². The largest absolute Gasteiger partial charge is 0.573 e. The zero-order valence-corrected chi connectivity index (χ0v) is 17.0. The SMILES string of the molecule is Cc1cc(-c2cc(C(F)(F)F)nn2-c2ccc(S(C)(=O)=O)c(F)c2)ccc1OC(F)(F)F. The fourth-order valence-corrected chi connectivity index (χ4v) is 3.62. The van der Waals surface area contributed by atoms with Gasteiger partial charge in [-0.2, -0.15) is 18.3 Å². The van der Waals surface area contributed by atoms with E-state index in [1.165, 1.54) is 6.92 Å². The third-order valence-corrected chi connectivity index (χ3v) is 5.39. The van der Waals surface area contributed by atoms with Gasteiger partial charge < -0.3 is 4.74 Å². The molecule has 5 nitrogen and oxygen atoms in total. The maximum absolute atomic E-state index is 14.3. The maximum atomic E-state index is 14.3. The molecule has 3 aromatic rings. The highest BCUT2D eigenvalue weighted by molar-refractivity contribution is 7.90. The van der Waals surface area contributed by atoms with Gasteiger partial charge in [-0.3, -0.25) is 0 Å². The Balaban J connectivity index is 2.17. The second kappa shape index (κ2) is 7.80. The van der Waals surface area contributed by atoms with Gasteiger partial charge in [-0.25, -0.2) is 17.5 Å². The van der Waals surface area contributed by atoms with Gasteiger partial charge >= 0.3 is 12.5 Å². The summed E-state index contributed by atoms with van der Waals surface area (Å²) in [5.74, 6) is -1.75. The Bertz CT molecular complexity index is 1280. The molecular formula is C19H13F7N2O3S. The number of nitrogens with zero attached hydrogens (tertiary/aromatic N) is 2. The Labute approximate surface area is 177 Å². The lowest BCUT2D eigenvalue weighted by atomic mass is 10.1. The highest BCUT2D eigenvalue weighted by Gasteiger charge is 2.36. The van der Waals surface area contributed by atoms with Crippen LogP contribution in [-0.4, -0.2) is 30.8 Å². The normalized spacial score (nSPS) is 12.8. The molecule has 1 aromatic heterocycles. The Kier molecular flexibility index (Phi) is 5.74. The molecule has 0 unspecified atom stereocenters. The lowest BCUT2D eigenvalue weighted by molar-refractivity contribution is -0.274. The average molecular weight is 482 g/mol. The quantitative estimate of drug-likeness (QED) is 0.473. The van der Waals surface area contributed by atoms with Crippen molar-refractivity contribution in [3.05, 3.63) is 59.5 Å². The van der Waals surface area contributed by atoms with Crippen LogP contribution in [0.25, 0.3) is 16.9 Å². The molecule has 0 radical (unpaired) electrons. The third-order valence-electron chi connectivity index (χ3n) is 4.26. The van der Waals surface area contributed by atoms with Crippen LogP contribution in [0.15, 0.2) is 47.4 Å². The molecule has 0 saturated carbocycles. The average Bonchev–Trinajstić information content (AvgIpc) is 3.07. The first-order valence-electron chi connectivity index (χ1n) is 8.60. The predicted molar refractivity (Wildman–Crippen MR) is 98.5 cm³/mol. The van der Waals surface area contributed by atoms with Gasteiger partial charge in [-0.05, 0) is 48.9 Å². The van der Waals surface area contributed by atoms with Crippen LogP contribution >= 0.6 is 0 Å². The number of aryl methyl sites for hydroxylation is 1. The van der Waals surface area contributed by atoms with Gasteiger partial charge in [0.15, 0.2) is 15.5 Å². The van der Waals surface area contributed by atoms with Gasteiger partial charge in [-0.1, -0.05) is 0 Å². The van der Waals surface area contributed by atoms with Gasteiger partial charge in [0.2, 0.25) is 0 Å². The second-order valence-corrected chi connectivity index (χ2v) is 8.72. The molecule has 0 saturated heterocycles. The molecule has 0 aliphatic carbocycles. The lowest BCUT2D eigenvalue weighted by Crippen LogP contribution is -2.17. The number of aromatic nitrogens is 2. The van der Waals surface area contributed by atoms with E-state index < -0.39 is 44.5 Å². The monoisotopic (exact) mass is 482 g/mol. The highest BCUT2D eigenvalue weighted by atomic mass is 32.2. The van der Waals surface area contributed by atoms with E-state index in [2.05, 4.69) is 9.84 Å². The number of rotatable bonds is 4. The summed E-state index contributed by atoms with van der Waals surface area (Å²) in [5, 5.41) is 3.44. The zero-order chi connectivity index (χ0) is 24.1. The van der Waals surface area contributed by atoms with Gasteiger partial charge in [0.1, 0.15) is 16.5 Å². The molecule has 0 atom stereocenters. The zero-order valence-electron chi connectivity index (χ0n) is 16.2. The van der Waals surface area contributed by atoms with E-state index in [9.17, 15) is 39.2 Å². The smallest absolute Gasteiger partial charge is 0.406 e. The number of alkyl halides is 6. The predicted octanol–water partition coefficient (Wildman–Crippen LogP) is 5.31. The molecule has 0 aliphatic rings. The van der Waals surface area contributed by atoms with E-state index in [0.717, 1.165) is 41.3 Å². The molecule has 32 heavy (non-hydrogen) atoms. The molecule has 0 bridgehead atoms. The topological polar surface area (TPSA) is 61.2 Å². The summed E-state index contributed by atoms with van der Waals surface area (Å²) in [7, 11) is -3.93. The molecular weight excluding hydrogens is 469 g/mol. The van der Waals surface area contributed by atoms with E-state index in [-0.39, 0.29) is 22.5 Å². The number of sulfone groups is 1. The summed E-state index contributed by atoms with van der Waals surface area (Å²) in [6.45, 7) is 1.26. The highest BCUT2D eigenvalue weighted by Crippen LogP contribution is 2.35. The van der Waals surface area contributed by atoms with Gasteiger partial charge in [0, 0.05) is 17.9 Å². The van der Waals surface area contributed by atoms with Crippen LogP contribution in [-0.2, 0) is 16.0 Å². The number of benzene rings is 2. The summed E-state index contributed by atoms with van der Waals surface area (Å²) < 4.78 is 119. The van der Waals surface area contributed by atoms with Crippen molar-refractivity contribution in [1.82, 2.24) is 9.78 Å². The van der Waals surface area contributed by atoms with E-state index in [1.54, 1.807) is 0 Å². The standard InChI is InChI=1S/C19H13F7N2O3S/c1-10-7-11(3-5-15(10)31-19(24,25)26)14-9-17(18(21,22)23)27-28(14)12-4-6-16(13(20)8-12)32(2,29)30/h3-9H,1-2H3. The van der Waals surface area contributed by atoms with Crippen molar-refractivity contribution in [2.45, 2.75) is 24.4 Å². The van der Waals surface area contributed by atoms with Crippen LogP contribution < -0.4 is 4.74 Å². The molecule has 13 heteroatoms. The molecule has 0 spiro atoms. The molecule has 0 fully saturated rings. The van der Waals surface area contributed by atoms with Gasteiger partial charge in [0.05, 0.1) is 11.4 Å². The first kappa shape index (κ1) is 23.6. The number of hydrogen-bond acceptors (Lipinski definition) is 4. The fraction of sp³-hybridized carbons (Fsp3) is 0.211. The summed E-state index contributed by atoms with van der Waals surface area (Å²) in [4.78, 5) is -0.657. The molecule has 0 N–H and O–H groups in total. The van der Waals surface area contributed by atoms with Crippen molar-refractivity contribution in [3.8, 4) is 22.7 Å². The lowest BCUT2D eigenvalue weighted by Gasteiger charge is -2.13. The van der Waals surface area contributed by atoms with Crippen LogP contribution in [0.1, 0.15) is 11.3 Å². The van der Waals surface area contributed by atoms with Crippen molar-refractivity contribution >= 4 is 9.84 Å². The van der Waals surface area contributed by atoms with Crippen molar-refractivity contribution in [2.75, 3.05) is 6.26 Å². The molecule has 3 rings (SSSR count). The van der Waals surface area contributed by atoms with Crippen molar-refractivity contribution in [1.29, 1.82) is 0 Å². The van der Waals surface area contributed by atoms with Crippen LogP contribution in [0.3, 0.4) is 0 Å². The van der Waals surface area contributed by atoms with Crippen molar-refractivity contribution in [3.63, 3.8) is 0 Å². The molecule has 2 aromatic carbocycles. The number of ether oxygens (including phenoxy) is 1. The van der Waals surface area contributed by atoms with Crippen LogP contribution in [0, 0.1) is 12.7 Å². The van der Waals surface area contributed by atoms with E-state index >= 15 is 0 Å². The number of hydrogen-bond donors (Lipinski definition) is 0. The Morgan fingerprint density at radius 3 is 2.12 bits per heavy atom. The summed E-state index contributed by atoms with van der Waals surface area (Å²) in [6, 6.07) is 6.44. The minimum atomic E-state index is -4.96. The van der Waals surface area contributed by atoms with E-state index in [0.29, 0.717) is 12.1 Å². The molecule has 172 valence electrons. The Hall–Kier alpha value is -3.09. The molecule has 0 aliphatic heterocycles. The van der Waals surface area contributed by atoms with E-state index in [4.69, 9.17) is 0 Å². The summed E-state index contributed by atoms with van der Waals surface area (Å²) >= 11 is 0. The third kappa shape index (κ3) is 5.03. The summed E-state index contributed by atoms with van der Waals surface area (Å²) in [5.41, 5.74) is -1.78. The minimum absolute atomic E-state index is 0.0280.